The lowest BCUT2D eigenvalue weighted by Crippen LogP contribution is -2.57. The summed E-state index contributed by atoms with van der Waals surface area (Å²) >= 11 is 0. The fourth-order valence-corrected chi connectivity index (χ4v) is 2.35. The Kier molecular flexibility index (Phi) is 6.32. The SMILES string of the molecule is CCCOCCN1CC(C)NCC1C(C)C. The van der Waals surface area contributed by atoms with Gasteiger partial charge in [0.25, 0.3) is 0 Å². The molecule has 96 valence electrons. The summed E-state index contributed by atoms with van der Waals surface area (Å²) in [5, 5.41) is 3.56. The summed E-state index contributed by atoms with van der Waals surface area (Å²) in [4.78, 5) is 2.58. The summed E-state index contributed by atoms with van der Waals surface area (Å²) in [7, 11) is 0. The van der Waals surface area contributed by atoms with Crippen molar-refractivity contribution in [1.82, 2.24) is 10.2 Å². The van der Waals surface area contributed by atoms with E-state index in [0.29, 0.717) is 18.0 Å². The van der Waals surface area contributed by atoms with Crippen LogP contribution in [0.1, 0.15) is 34.1 Å². The van der Waals surface area contributed by atoms with E-state index in [0.717, 1.165) is 39.3 Å². The molecule has 1 aliphatic heterocycles. The number of ether oxygens (including phenoxy) is 1. The lowest BCUT2D eigenvalue weighted by Gasteiger charge is -2.41. The molecule has 0 aromatic heterocycles. The van der Waals surface area contributed by atoms with Gasteiger partial charge in [0.05, 0.1) is 6.61 Å². The van der Waals surface area contributed by atoms with E-state index in [1.54, 1.807) is 0 Å². The highest BCUT2D eigenvalue weighted by Crippen LogP contribution is 2.14. The third-order valence-electron chi connectivity index (χ3n) is 3.29. The largest absolute Gasteiger partial charge is 0.380 e. The normalized spacial score (nSPS) is 27.6. The van der Waals surface area contributed by atoms with Crippen LogP contribution in [0, 0.1) is 5.92 Å². The molecule has 0 spiro atoms. The average molecular weight is 228 g/mol. The van der Waals surface area contributed by atoms with Gasteiger partial charge >= 0.3 is 0 Å². The molecule has 1 fully saturated rings. The maximum absolute atomic E-state index is 5.59. The monoisotopic (exact) mass is 228 g/mol. The number of hydrogen-bond acceptors (Lipinski definition) is 3. The van der Waals surface area contributed by atoms with E-state index < -0.39 is 0 Å². The van der Waals surface area contributed by atoms with E-state index in [1.165, 1.54) is 0 Å². The van der Waals surface area contributed by atoms with Crippen molar-refractivity contribution in [2.45, 2.75) is 46.2 Å². The first kappa shape index (κ1) is 13.9. The Morgan fingerprint density at radius 2 is 2.12 bits per heavy atom. The number of hydrogen-bond donors (Lipinski definition) is 1. The van der Waals surface area contributed by atoms with Gasteiger partial charge in [0, 0.05) is 38.3 Å². The van der Waals surface area contributed by atoms with Crippen molar-refractivity contribution >= 4 is 0 Å². The van der Waals surface area contributed by atoms with Crippen molar-refractivity contribution in [1.29, 1.82) is 0 Å². The molecule has 0 saturated carbocycles. The fourth-order valence-electron chi connectivity index (χ4n) is 2.35. The Bertz CT molecular complexity index is 185. The van der Waals surface area contributed by atoms with E-state index in [1.807, 2.05) is 0 Å². The molecule has 2 unspecified atom stereocenters. The van der Waals surface area contributed by atoms with Gasteiger partial charge in [-0.15, -0.1) is 0 Å². The van der Waals surface area contributed by atoms with Crippen LogP contribution >= 0.6 is 0 Å². The van der Waals surface area contributed by atoms with Gasteiger partial charge < -0.3 is 10.1 Å². The molecule has 1 aliphatic rings. The first-order chi connectivity index (χ1) is 7.65. The second-order valence-electron chi connectivity index (χ2n) is 5.23. The van der Waals surface area contributed by atoms with Crippen LogP contribution in [0.4, 0.5) is 0 Å². The lowest BCUT2D eigenvalue weighted by atomic mass is 9.99. The minimum Gasteiger partial charge on any atom is -0.380 e. The molecular formula is C13H28N2O. The Balaban J connectivity index is 2.33. The van der Waals surface area contributed by atoms with Crippen LogP contribution in [0.15, 0.2) is 0 Å². The predicted molar refractivity (Wildman–Crippen MR) is 68.8 cm³/mol. The van der Waals surface area contributed by atoms with Gasteiger partial charge in [0.2, 0.25) is 0 Å². The molecule has 1 rings (SSSR count). The molecule has 1 N–H and O–H groups in total. The van der Waals surface area contributed by atoms with Gasteiger partial charge in [0.1, 0.15) is 0 Å². The molecule has 3 nitrogen and oxygen atoms in total. The van der Waals surface area contributed by atoms with Crippen LogP contribution in [0.2, 0.25) is 0 Å². The highest BCUT2D eigenvalue weighted by atomic mass is 16.5. The summed E-state index contributed by atoms with van der Waals surface area (Å²) in [6.07, 6.45) is 1.12. The molecule has 1 heterocycles. The zero-order valence-corrected chi connectivity index (χ0v) is 11.3. The lowest BCUT2D eigenvalue weighted by molar-refractivity contribution is 0.0528. The average Bonchev–Trinajstić information content (AvgIpc) is 2.24. The van der Waals surface area contributed by atoms with Crippen LogP contribution in [0.25, 0.3) is 0 Å². The molecular weight excluding hydrogens is 200 g/mol. The zero-order valence-electron chi connectivity index (χ0n) is 11.3. The van der Waals surface area contributed by atoms with Crippen molar-refractivity contribution in [3.63, 3.8) is 0 Å². The number of rotatable bonds is 6. The van der Waals surface area contributed by atoms with Crippen molar-refractivity contribution in [2.24, 2.45) is 5.92 Å². The summed E-state index contributed by atoms with van der Waals surface area (Å²) in [5.41, 5.74) is 0. The van der Waals surface area contributed by atoms with E-state index in [2.05, 4.69) is 37.9 Å². The van der Waals surface area contributed by atoms with Crippen molar-refractivity contribution < 1.29 is 4.74 Å². The van der Waals surface area contributed by atoms with Gasteiger partial charge in [0.15, 0.2) is 0 Å². The maximum atomic E-state index is 5.59. The summed E-state index contributed by atoms with van der Waals surface area (Å²) in [6, 6.07) is 1.28. The predicted octanol–water partition coefficient (Wildman–Crippen LogP) is 1.73. The molecule has 1 saturated heterocycles. The van der Waals surface area contributed by atoms with Gasteiger partial charge in [-0.2, -0.15) is 0 Å². The zero-order chi connectivity index (χ0) is 12.0. The summed E-state index contributed by atoms with van der Waals surface area (Å²) < 4.78 is 5.59. The van der Waals surface area contributed by atoms with Crippen LogP contribution < -0.4 is 5.32 Å². The minimum atomic E-state index is 0.612. The van der Waals surface area contributed by atoms with Crippen LogP contribution in [0.5, 0.6) is 0 Å². The molecule has 0 amide bonds. The van der Waals surface area contributed by atoms with E-state index in [-0.39, 0.29) is 0 Å². The van der Waals surface area contributed by atoms with Gasteiger partial charge in [-0.05, 0) is 19.3 Å². The van der Waals surface area contributed by atoms with Gasteiger partial charge in [-0.1, -0.05) is 20.8 Å². The molecule has 16 heavy (non-hydrogen) atoms. The smallest absolute Gasteiger partial charge is 0.0593 e. The first-order valence-corrected chi connectivity index (χ1v) is 6.70. The molecule has 2 atom stereocenters. The van der Waals surface area contributed by atoms with Gasteiger partial charge in [-0.3, -0.25) is 4.90 Å². The highest BCUT2D eigenvalue weighted by molar-refractivity contribution is 4.85. The molecule has 0 radical (unpaired) electrons. The van der Waals surface area contributed by atoms with E-state index in [4.69, 9.17) is 4.74 Å². The summed E-state index contributed by atoms with van der Waals surface area (Å²) in [5.74, 6) is 0.714. The Hall–Kier alpha value is -0.120. The standard InChI is InChI=1S/C13H28N2O/c1-5-7-16-8-6-15-10-12(4)14-9-13(15)11(2)3/h11-14H,5-10H2,1-4H3. The topological polar surface area (TPSA) is 24.5 Å². The second-order valence-corrected chi connectivity index (χ2v) is 5.23. The quantitative estimate of drug-likeness (QED) is 0.701. The molecule has 0 bridgehead atoms. The molecule has 0 aromatic rings. The fraction of sp³-hybridized carbons (Fsp3) is 1.00. The Labute approximate surface area is 101 Å². The maximum Gasteiger partial charge on any atom is 0.0593 e. The van der Waals surface area contributed by atoms with Crippen LogP contribution in [0.3, 0.4) is 0 Å². The van der Waals surface area contributed by atoms with E-state index in [9.17, 15) is 0 Å². The number of nitrogens with zero attached hydrogens (tertiary/aromatic N) is 1. The van der Waals surface area contributed by atoms with Crippen LogP contribution in [-0.2, 0) is 4.74 Å². The van der Waals surface area contributed by atoms with E-state index >= 15 is 0 Å². The number of piperazine rings is 1. The van der Waals surface area contributed by atoms with Crippen molar-refractivity contribution in [2.75, 3.05) is 32.8 Å². The Morgan fingerprint density at radius 1 is 1.38 bits per heavy atom. The van der Waals surface area contributed by atoms with Crippen LogP contribution in [-0.4, -0.2) is 49.8 Å². The molecule has 0 aliphatic carbocycles. The van der Waals surface area contributed by atoms with Crippen molar-refractivity contribution in [3.8, 4) is 0 Å². The third kappa shape index (κ3) is 4.40. The third-order valence-corrected chi connectivity index (χ3v) is 3.29. The molecule has 3 heteroatoms. The molecule has 0 aromatic carbocycles. The summed E-state index contributed by atoms with van der Waals surface area (Å²) in [6.45, 7) is 14.2. The number of nitrogens with one attached hydrogen (secondary N) is 1. The Morgan fingerprint density at radius 3 is 2.75 bits per heavy atom. The minimum absolute atomic E-state index is 0.612. The first-order valence-electron chi connectivity index (χ1n) is 6.70. The second kappa shape index (κ2) is 7.25. The van der Waals surface area contributed by atoms with Crippen molar-refractivity contribution in [3.05, 3.63) is 0 Å². The van der Waals surface area contributed by atoms with Gasteiger partial charge in [-0.25, -0.2) is 0 Å². The highest BCUT2D eigenvalue weighted by Gasteiger charge is 2.27.